The van der Waals surface area contributed by atoms with Gasteiger partial charge in [0.2, 0.25) is 0 Å². The highest BCUT2D eigenvalue weighted by Crippen LogP contribution is 2.46. The van der Waals surface area contributed by atoms with Gasteiger partial charge in [-0.25, -0.2) is 14.2 Å². The van der Waals surface area contributed by atoms with Crippen molar-refractivity contribution in [1.29, 1.82) is 0 Å². The summed E-state index contributed by atoms with van der Waals surface area (Å²) in [6.45, 7) is 1.17. The molecule has 2 aromatic carbocycles. The predicted molar refractivity (Wildman–Crippen MR) is 150 cm³/mol. The van der Waals surface area contributed by atoms with Gasteiger partial charge in [0.25, 0.3) is 0 Å². The second-order valence-corrected chi connectivity index (χ2v) is 11.9. The van der Waals surface area contributed by atoms with Crippen molar-refractivity contribution in [2.75, 3.05) is 31.7 Å². The molecule has 2 aromatic heterocycles. The van der Waals surface area contributed by atoms with E-state index in [1.54, 1.807) is 30.3 Å². The molecule has 6 rings (SSSR count). The molecular weight excluding hydrogens is 564 g/mol. The predicted octanol–water partition coefficient (Wildman–Crippen LogP) is 7.45. The van der Waals surface area contributed by atoms with Crippen molar-refractivity contribution in [1.82, 2.24) is 10.1 Å². The lowest BCUT2D eigenvalue weighted by Gasteiger charge is -2.36. The van der Waals surface area contributed by atoms with Crippen molar-refractivity contribution in [3.05, 3.63) is 63.3 Å². The van der Waals surface area contributed by atoms with Crippen LogP contribution in [0, 0.1) is 0 Å². The number of methoxy groups -OCH3 is 1. The first-order valence-electron chi connectivity index (χ1n) is 12.8. The Morgan fingerprint density at radius 3 is 2.64 bits per heavy atom. The molecule has 1 saturated carbocycles. The monoisotopic (exact) mass is 589 g/mol. The van der Waals surface area contributed by atoms with Crippen LogP contribution in [-0.2, 0) is 16.1 Å². The summed E-state index contributed by atoms with van der Waals surface area (Å²) < 4.78 is 33.2. The number of carbonyl (C=O) groups excluding carboxylic acids is 1. The normalized spacial score (nSPS) is 17.1. The first kappa shape index (κ1) is 26.5. The number of aromatic nitrogens is 2. The number of alkyl halides is 1. The van der Waals surface area contributed by atoms with E-state index in [1.165, 1.54) is 18.4 Å². The Kier molecular flexibility index (Phi) is 7.26. The largest absolute Gasteiger partial charge is 0.465 e. The maximum absolute atomic E-state index is 15.8. The van der Waals surface area contributed by atoms with Crippen molar-refractivity contribution in [3.63, 3.8) is 0 Å². The molecule has 0 atom stereocenters. The summed E-state index contributed by atoms with van der Waals surface area (Å²) in [5, 5.41) is 6.05. The van der Waals surface area contributed by atoms with Gasteiger partial charge in [0.15, 0.2) is 5.13 Å². The number of carbonyl (C=O) groups is 1. The van der Waals surface area contributed by atoms with Gasteiger partial charge in [-0.2, -0.15) is 0 Å². The van der Waals surface area contributed by atoms with Crippen LogP contribution in [0.4, 0.5) is 9.52 Å². The maximum atomic E-state index is 15.8. The minimum absolute atomic E-state index is 0.0336. The van der Waals surface area contributed by atoms with E-state index in [2.05, 4.69) is 10.1 Å². The summed E-state index contributed by atoms with van der Waals surface area (Å²) in [6.07, 6.45) is 2.68. The summed E-state index contributed by atoms with van der Waals surface area (Å²) in [6, 6.07) is 10.6. The smallest absolute Gasteiger partial charge is 0.337 e. The minimum atomic E-state index is -1.45. The lowest BCUT2D eigenvalue weighted by atomic mass is 9.94. The van der Waals surface area contributed by atoms with Crippen molar-refractivity contribution in [3.8, 4) is 11.3 Å². The van der Waals surface area contributed by atoms with Gasteiger partial charge in [-0.1, -0.05) is 45.8 Å². The van der Waals surface area contributed by atoms with E-state index in [-0.39, 0.29) is 19.2 Å². The van der Waals surface area contributed by atoms with Crippen LogP contribution >= 0.6 is 34.5 Å². The number of thiazole rings is 1. The van der Waals surface area contributed by atoms with Crippen molar-refractivity contribution in [2.45, 2.75) is 43.9 Å². The van der Waals surface area contributed by atoms with Crippen LogP contribution in [0.25, 0.3) is 21.5 Å². The standard InChI is InChI=1S/C28H26Cl2FN3O4S/c1-36-26(35)17-7-8-21-22(13-17)39-27(32-21)34-11-9-28(31,10-12-34)15-37-14-18-24(33-38-25(18)16-5-6-16)23-19(29)3-2-4-20(23)30/h2-4,7-8,13,16H,5-6,9-12,14-15H2,1H3. The van der Waals surface area contributed by atoms with Crippen LogP contribution in [0.3, 0.4) is 0 Å². The van der Waals surface area contributed by atoms with Gasteiger partial charge in [0, 0.05) is 43.0 Å². The van der Waals surface area contributed by atoms with E-state index in [0.717, 1.165) is 39.5 Å². The molecule has 0 radical (unpaired) electrons. The number of ether oxygens (including phenoxy) is 2. The number of benzene rings is 2. The fourth-order valence-corrected chi connectivity index (χ4v) is 6.55. The number of hydrogen-bond donors (Lipinski definition) is 0. The fraction of sp³-hybridized carbons (Fsp3) is 0.393. The Labute approximate surface area is 238 Å². The third-order valence-corrected chi connectivity index (χ3v) is 9.01. The molecule has 11 heteroatoms. The zero-order chi connectivity index (χ0) is 27.1. The summed E-state index contributed by atoms with van der Waals surface area (Å²) >= 11 is 14.4. The van der Waals surface area contributed by atoms with Crippen LogP contribution in [0.1, 0.15) is 53.3 Å². The number of esters is 1. The number of halogens is 3. The summed E-state index contributed by atoms with van der Waals surface area (Å²) in [5.41, 5.74) is 1.78. The average Bonchev–Trinajstić information content (AvgIpc) is 3.55. The first-order chi connectivity index (χ1) is 18.8. The molecule has 204 valence electrons. The Hall–Kier alpha value is -2.72. The number of fused-ring (bicyclic) bond motifs is 1. The molecule has 2 fully saturated rings. The lowest BCUT2D eigenvalue weighted by molar-refractivity contribution is -0.00756. The highest BCUT2D eigenvalue weighted by Gasteiger charge is 2.37. The van der Waals surface area contributed by atoms with E-state index >= 15 is 4.39 Å². The topological polar surface area (TPSA) is 77.7 Å². The Morgan fingerprint density at radius 1 is 1.21 bits per heavy atom. The second kappa shape index (κ2) is 10.7. The molecule has 7 nitrogen and oxygen atoms in total. The van der Waals surface area contributed by atoms with E-state index in [9.17, 15) is 4.79 Å². The third-order valence-electron chi connectivity index (χ3n) is 7.30. The zero-order valence-electron chi connectivity index (χ0n) is 21.2. The Bertz CT molecular complexity index is 1510. The molecule has 0 bridgehead atoms. The molecule has 1 aliphatic carbocycles. The van der Waals surface area contributed by atoms with Crippen LogP contribution in [-0.4, -0.2) is 48.6 Å². The molecule has 0 amide bonds. The first-order valence-corrected chi connectivity index (χ1v) is 14.4. The summed E-state index contributed by atoms with van der Waals surface area (Å²) in [7, 11) is 1.36. The van der Waals surface area contributed by atoms with Crippen molar-refractivity contribution < 1.29 is 23.2 Å². The third kappa shape index (κ3) is 5.37. The average molecular weight is 591 g/mol. The summed E-state index contributed by atoms with van der Waals surface area (Å²) in [5.74, 6) is 0.686. The zero-order valence-corrected chi connectivity index (χ0v) is 23.5. The molecule has 39 heavy (non-hydrogen) atoms. The summed E-state index contributed by atoms with van der Waals surface area (Å²) in [4.78, 5) is 18.6. The molecule has 1 aliphatic heterocycles. The van der Waals surface area contributed by atoms with E-state index in [0.29, 0.717) is 58.7 Å². The SMILES string of the molecule is COC(=O)c1ccc2nc(N3CCC(F)(COCc4c(-c5c(Cl)cccc5Cl)noc4C4CC4)CC3)sc2c1. The molecule has 0 spiro atoms. The van der Waals surface area contributed by atoms with Gasteiger partial charge in [-0.05, 0) is 43.2 Å². The molecule has 1 saturated heterocycles. The molecule has 0 unspecified atom stereocenters. The molecule has 3 heterocycles. The maximum Gasteiger partial charge on any atom is 0.337 e. The number of piperidine rings is 1. The van der Waals surface area contributed by atoms with E-state index < -0.39 is 5.67 Å². The minimum Gasteiger partial charge on any atom is -0.465 e. The van der Waals surface area contributed by atoms with Gasteiger partial charge in [-0.15, -0.1) is 0 Å². The number of nitrogens with zero attached hydrogens (tertiary/aromatic N) is 3. The fourth-order valence-electron chi connectivity index (χ4n) is 4.92. The number of rotatable bonds is 8. The van der Waals surface area contributed by atoms with Gasteiger partial charge < -0.3 is 18.9 Å². The highest BCUT2D eigenvalue weighted by atomic mass is 35.5. The van der Waals surface area contributed by atoms with Crippen LogP contribution in [0.5, 0.6) is 0 Å². The van der Waals surface area contributed by atoms with Crippen LogP contribution in [0.2, 0.25) is 10.0 Å². The lowest BCUT2D eigenvalue weighted by Crippen LogP contribution is -2.44. The van der Waals surface area contributed by atoms with Gasteiger partial charge in [0.1, 0.15) is 17.1 Å². The quantitative estimate of drug-likeness (QED) is 0.197. The van der Waals surface area contributed by atoms with E-state index in [4.69, 9.17) is 42.2 Å². The Balaban J connectivity index is 1.11. The van der Waals surface area contributed by atoms with Gasteiger partial charge >= 0.3 is 5.97 Å². The van der Waals surface area contributed by atoms with E-state index in [1.807, 2.05) is 6.07 Å². The molecular formula is C28H26Cl2FN3O4S. The van der Waals surface area contributed by atoms with Crippen molar-refractivity contribution >= 4 is 55.9 Å². The highest BCUT2D eigenvalue weighted by molar-refractivity contribution is 7.22. The Morgan fingerprint density at radius 2 is 1.95 bits per heavy atom. The van der Waals surface area contributed by atoms with Crippen LogP contribution < -0.4 is 4.90 Å². The number of hydrogen-bond acceptors (Lipinski definition) is 8. The molecule has 4 aromatic rings. The van der Waals surface area contributed by atoms with Gasteiger partial charge in [-0.3, -0.25) is 0 Å². The van der Waals surface area contributed by atoms with Crippen molar-refractivity contribution in [2.24, 2.45) is 0 Å². The molecule has 0 N–H and O–H groups in total. The van der Waals surface area contributed by atoms with Gasteiger partial charge in [0.05, 0.1) is 46.1 Å². The van der Waals surface area contributed by atoms with Crippen LogP contribution in [0.15, 0.2) is 40.9 Å². The second-order valence-electron chi connectivity index (χ2n) is 10.0. The number of anilines is 1. The molecule has 2 aliphatic rings.